The maximum Gasteiger partial charge on any atom is 0.327 e. The molecule has 1 aromatic heterocycles. The van der Waals surface area contributed by atoms with Crippen molar-refractivity contribution in [3.8, 4) is 11.4 Å². The van der Waals surface area contributed by atoms with Crippen molar-refractivity contribution in [2.24, 2.45) is 0 Å². The van der Waals surface area contributed by atoms with E-state index >= 15 is 0 Å². The third kappa shape index (κ3) is 1.05. The normalized spacial score (nSPS) is 10.8. The van der Waals surface area contributed by atoms with Crippen molar-refractivity contribution in [1.29, 1.82) is 0 Å². The number of hydrogen-bond acceptors (Lipinski definition) is 2. The maximum absolute atomic E-state index is 6.77. The van der Waals surface area contributed by atoms with Crippen molar-refractivity contribution in [2.75, 3.05) is 0 Å². The molecule has 3 nitrogen and oxygen atoms in total. The lowest BCUT2D eigenvalue weighted by molar-refractivity contribution is 0.191. The molecule has 0 saturated heterocycles. The van der Waals surface area contributed by atoms with Gasteiger partial charge in [-0.1, -0.05) is 30.3 Å². The average molecular weight is 161 g/mol. The van der Waals surface area contributed by atoms with Crippen LogP contribution >= 0.6 is 0 Å². The van der Waals surface area contributed by atoms with E-state index < -0.39 is 0 Å². The highest BCUT2D eigenvalue weighted by Gasteiger charge is 2.01. The third-order valence-electron chi connectivity index (χ3n) is 1.64. The Bertz CT molecular complexity index is 386. The van der Waals surface area contributed by atoms with E-state index in [4.69, 9.17) is 1.43 Å². The van der Waals surface area contributed by atoms with Gasteiger partial charge >= 0.3 is 1.43 Å². The second kappa shape index (κ2) is 2.70. The van der Waals surface area contributed by atoms with Gasteiger partial charge < -0.3 is 5.21 Å². The van der Waals surface area contributed by atoms with Crippen LogP contribution in [0.1, 0.15) is 0 Å². The molecule has 12 heavy (non-hydrogen) atoms. The third-order valence-corrected chi connectivity index (χ3v) is 1.64. The lowest BCUT2D eigenvalue weighted by Crippen LogP contribution is -1.91. The maximum atomic E-state index is 6.77. The molecular weight excluding hydrogens is 152 g/mol. The van der Waals surface area contributed by atoms with E-state index in [-0.39, 0.29) is 0 Å². The molecule has 0 amide bonds. The highest BCUT2D eigenvalue weighted by molar-refractivity contribution is 5.54. The Balaban J connectivity index is 2.47. The lowest BCUT2D eigenvalue weighted by Gasteiger charge is -1.98. The summed E-state index contributed by atoms with van der Waals surface area (Å²) < 4.78 is 8.07. The number of benzene rings is 1. The van der Waals surface area contributed by atoms with Gasteiger partial charge in [-0.2, -0.15) is 4.73 Å². The van der Waals surface area contributed by atoms with Crippen molar-refractivity contribution >= 4 is 0 Å². The second-order valence-corrected chi connectivity index (χ2v) is 2.44. The Kier molecular flexibility index (Phi) is 1.31. The molecule has 0 saturated carbocycles. The Morgan fingerprint density at radius 2 is 2.17 bits per heavy atom. The van der Waals surface area contributed by atoms with Crippen LogP contribution in [0.3, 0.4) is 0 Å². The molecule has 0 fully saturated rings. The van der Waals surface area contributed by atoms with Crippen LogP contribution in [0.15, 0.2) is 42.7 Å². The molecule has 0 spiro atoms. The monoisotopic (exact) mass is 161 g/mol. The van der Waals surface area contributed by atoms with Crippen LogP contribution in [0.25, 0.3) is 11.4 Å². The van der Waals surface area contributed by atoms with Gasteiger partial charge in [0.05, 0.1) is 6.20 Å². The van der Waals surface area contributed by atoms with E-state index in [0.29, 0.717) is 5.82 Å². The zero-order valence-electron chi connectivity index (χ0n) is 7.34. The zero-order valence-corrected chi connectivity index (χ0v) is 6.34. The van der Waals surface area contributed by atoms with Crippen LogP contribution in [-0.2, 0) is 0 Å². The van der Waals surface area contributed by atoms with Gasteiger partial charge in [0.1, 0.15) is 0 Å². The zero-order chi connectivity index (χ0) is 9.10. The van der Waals surface area contributed by atoms with Crippen LogP contribution in [0.5, 0.6) is 0 Å². The summed E-state index contributed by atoms with van der Waals surface area (Å²) in [5.41, 5.74) is 0.930. The minimum Gasteiger partial charge on any atom is -0.427 e. The fraction of sp³-hybridized carbons (Fsp3) is 0. The van der Waals surface area contributed by atoms with Crippen LogP contribution in [0.2, 0.25) is 1.43 Å². The standard InChI is InChI=1S/C9H8N2O/c12-11-7-6-10-9(11)8-4-2-1-3-5-8/h1-7,12H/i12D. The molecule has 2 aromatic rings. The van der Waals surface area contributed by atoms with Gasteiger partial charge in [-0.15, -0.1) is 0 Å². The van der Waals surface area contributed by atoms with E-state index in [2.05, 4.69) is 10.2 Å². The van der Waals surface area contributed by atoms with E-state index in [0.717, 1.165) is 5.56 Å². The van der Waals surface area contributed by atoms with Gasteiger partial charge in [-0.3, -0.25) is 0 Å². The van der Waals surface area contributed by atoms with Gasteiger partial charge in [0, 0.05) is 11.8 Å². The fourth-order valence-electron chi connectivity index (χ4n) is 1.08. The SMILES string of the molecule is [2H]On1ccnc1-c1ccccc1. The molecule has 0 bridgehead atoms. The van der Waals surface area contributed by atoms with Crippen LogP contribution in [0, 0.1) is 0 Å². The number of aromatic nitrogens is 2. The minimum absolute atomic E-state index is 0.635. The minimum atomic E-state index is 0.635. The summed E-state index contributed by atoms with van der Waals surface area (Å²) in [7, 11) is 0. The largest absolute Gasteiger partial charge is 0.427 e. The molecule has 0 aliphatic carbocycles. The van der Waals surface area contributed by atoms with Crippen molar-refractivity contribution in [3.05, 3.63) is 42.7 Å². The predicted molar refractivity (Wildman–Crippen MR) is 44.8 cm³/mol. The van der Waals surface area contributed by atoms with E-state index in [1.54, 1.807) is 12.4 Å². The molecule has 0 aliphatic heterocycles. The summed E-state index contributed by atoms with van der Waals surface area (Å²) >= 11 is 0. The van der Waals surface area contributed by atoms with E-state index in [1.165, 1.54) is 4.73 Å². The second-order valence-electron chi connectivity index (χ2n) is 2.44. The molecule has 3 heteroatoms. The Hall–Kier alpha value is -1.77. The van der Waals surface area contributed by atoms with Crippen molar-refractivity contribution in [1.82, 2.24) is 9.71 Å². The average Bonchev–Trinajstić information content (AvgIpc) is 2.67. The first-order valence-electron chi connectivity index (χ1n) is 4.05. The number of nitrogens with zero attached hydrogens (tertiary/aromatic N) is 2. The number of hydrogen-bond donors (Lipinski definition) is 1. The summed E-state index contributed by atoms with van der Waals surface area (Å²) in [5.74, 6) is 0.635. The predicted octanol–water partition coefficient (Wildman–Crippen LogP) is 1.79. The molecule has 0 unspecified atom stereocenters. The summed E-state index contributed by atoms with van der Waals surface area (Å²) in [6, 6.07) is 9.59. The molecule has 60 valence electrons. The van der Waals surface area contributed by atoms with E-state index in [1.807, 2.05) is 30.3 Å². The fourth-order valence-corrected chi connectivity index (χ4v) is 1.08. The highest BCUT2D eigenvalue weighted by Crippen LogP contribution is 2.14. The smallest absolute Gasteiger partial charge is 0.327 e. The van der Waals surface area contributed by atoms with Crippen molar-refractivity contribution < 1.29 is 6.64 Å². The van der Waals surface area contributed by atoms with Crippen LogP contribution in [-0.4, -0.2) is 14.9 Å². The topological polar surface area (TPSA) is 38.0 Å². The van der Waals surface area contributed by atoms with Gasteiger partial charge in [-0.25, -0.2) is 4.98 Å². The van der Waals surface area contributed by atoms with Gasteiger partial charge in [0.15, 0.2) is 5.82 Å². The molecule has 0 aliphatic rings. The molecule has 1 aromatic carbocycles. The van der Waals surface area contributed by atoms with Crippen LogP contribution < -0.4 is 0 Å². The Morgan fingerprint density at radius 3 is 2.92 bits per heavy atom. The first-order chi connectivity index (χ1) is 6.42. The van der Waals surface area contributed by atoms with E-state index in [9.17, 15) is 0 Å². The molecule has 1 heterocycles. The molecule has 0 atom stereocenters. The van der Waals surface area contributed by atoms with Gasteiger partial charge in [0.2, 0.25) is 0 Å². The molecular formula is C9H8N2O. The highest BCUT2D eigenvalue weighted by atomic mass is 16.5. The lowest BCUT2D eigenvalue weighted by atomic mass is 10.2. The van der Waals surface area contributed by atoms with Crippen molar-refractivity contribution in [2.45, 2.75) is 0 Å². The number of rotatable bonds is 2. The summed E-state index contributed by atoms with van der Waals surface area (Å²) in [6.07, 6.45) is 3.19. The first-order valence-corrected chi connectivity index (χ1v) is 3.64. The van der Waals surface area contributed by atoms with Crippen LogP contribution in [0.4, 0.5) is 0 Å². The Labute approximate surface area is 71.4 Å². The van der Waals surface area contributed by atoms with Gasteiger partial charge in [-0.05, 0) is 0 Å². The molecule has 0 radical (unpaired) electrons. The summed E-state index contributed by atoms with van der Waals surface area (Å²) in [6.45, 7) is 0. The Morgan fingerprint density at radius 1 is 1.33 bits per heavy atom. The quantitative estimate of drug-likeness (QED) is 0.682. The molecule has 1 N–H and O–H groups in total. The first kappa shape index (κ1) is 5.83. The molecule has 2 rings (SSSR count). The van der Waals surface area contributed by atoms with Gasteiger partial charge in [0.25, 0.3) is 0 Å². The summed E-state index contributed by atoms with van der Waals surface area (Å²) in [5, 5.41) is 4.34. The van der Waals surface area contributed by atoms with Crippen molar-refractivity contribution in [3.63, 3.8) is 0 Å². The number of imidazole rings is 1. The summed E-state index contributed by atoms with van der Waals surface area (Å²) in [4.78, 5) is 4.08.